The van der Waals surface area contributed by atoms with Crippen LogP contribution < -0.4 is 0 Å². The lowest BCUT2D eigenvalue weighted by Crippen LogP contribution is -1.96. The minimum atomic E-state index is 0.628. The fraction of sp³-hybridized carbons (Fsp3) is 0.273. The van der Waals surface area contributed by atoms with E-state index >= 15 is 0 Å². The third-order valence-electron chi connectivity index (χ3n) is 2.40. The van der Waals surface area contributed by atoms with Crippen LogP contribution in [0.4, 0.5) is 0 Å². The Labute approximate surface area is 88.0 Å². The third-order valence-corrected chi connectivity index (χ3v) is 2.63. The van der Waals surface area contributed by atoms with Crippen molar-refractivity contribution in [1.82, 2.24) is 4.57 Å². The highest BCUT2D eigenvalue weighted by atomic mass is 35.5. The van der Waals surface area contributed by atoms with Gasteiger partial charge in [0.1, 0.15) is 0 Å². The Morgan fingerprint density at radius 1 is 1.36 bits per heavy atom. The standard InChI is InChI=1S/C11H12ClNO/c1-13-10(7-14-2)6-8-5-9(12)3-4-11(8)13/h3-6H,7H2,1-2H3. The number of rotatable bonds is 2. The van der Waals surface area contributed by atoms with E-state index < -0.39 is 0 Å². The SMILES string of the molecule is COCc1cc2cc(Cl)ccc2n1C. The van der Waals surface area contributed by atoms with Crippen molar-refractivity contribution in [2.75, 3.05) is 7.11 Å². The van der Waals surface area contributed by atoms with Crippen LogP contribution in [0.15, 0.2) is 24.3 Å². The van der Waals surface area contributed by atoms with Gasteiger partial charge in [-0.25, -0.2) is 0 Å². The van der Waals surface area contributed by atoms with E-state index in [0.29, 0.717) is 6.61 Å². The molecular formula is C11H12ClNO. The van der Waals surface area contributed by atoms with Crippen molar-refractivity contribution in [3.05, 3.63) is 35.0 Å². The number of hydrogen-bond acceptors (Lipinski definition) is 1. The largest absolute Gasteiger partial charge is 0.378 e. The molecule has 0 amide bonds. The second kappa shape index (κ2) is 3.64. The maximum absolute atomic E-state index is 5.92. The first-order valence-electron chi connectivity index (χ1n) is 4.45. The first kappa shape index (κ1) is 9.56. The number of ether oxygens (including phenoxy) is 1. The molecule has 2 aromatic rings. The van der Waals surface area contributed by atoms with Gasteiger partial charge < -0.3 is 9.30 Å². The lowest BCUT2D eigenvalue weighted by Gasteiger charge is -2.01. The molecule has 0 saturated carbocycles. The number of aryl methyl sites for hydroxylation is 1. The summed E-state index contributed by atoms with van der Waals surface area (Å²) in [6.07, 6.45) is 0. The number of fused-ring (bicyclic) bond motifs is 1. The number of aromatic nitrogens is 1. The summed E-state index contributed by atoms with van der Waals surface area (Å²) in [5.74, 6) is 0. The molecule has 0 atom stereocenters. The van der Waals surface area contributed by atoms with Crippen LogP contribution in [0.1, 0.15) is 5.69 Å². The van der Waals surface area contributed by atoms with Crippen LogP contribution in [0.3, 0.4) is 0 Å². The summed E-state index contributed by atoms with van der Waals surface area (Å²) < 4.78 is 7.23. The van der Waals surface area contributed by atoms with E-state index in [1.807, 2.05) is 25.2 Å². The van der Waals surface area contributed by atoms with Crippen LogP contribution in [0.25, 0.3) is 10.9 Å². The molecule has 2 nitrogen and oxygen atoms in total. The van der Waals surface area contributed by atoms with Crippen LogP contribution in [0, 0.1) is 0 Å². The van der Waals surface area contributed by atoms with E-state index in [1.54, 1.807) is 7.11 Å². The molecular weight excluding hydrogens is 198 g/mol. The van der Waals surface area contributed by atoms with E-state index in [9.17, 15) is 0 Å². The number of benzene rings is 1. The molecule has 0 N–H and O–H groups in total. The van der Waals surface area contributed by atoms with E-state index in [2.05, 4.69) is 10.6 Å². The second-order valence-corrected chi connectivity index (χ2v) is 3.77. The van der Waals surface area contributed by atoms with Crippen LogP contribution in [0.5, 0.6) is 0 Å². The van der Waals surface area contributed by atoms with Gasteiger partial charge in [0.25, 0.3) is 0 Å². The monoisotopic (exact) mass is 209 g/mol. The van der Waals surface area contributed by atoms with Gasteiger partial charge in [0, 0.05) is 35.8 Å². The summed E-state index contributed by atoms with van der Waals surface area (Å²) in [7, 11) is 3.73. The smallest absolute Gasteiger partial charge is 0.0864 e. The zero-order valence-electron chi connectivity index (χ0n) is 8.25. The maximum Gasteiger partial charge on any atom is 0.0864 e. The Balaban J connectivity index is 2.61. The quantitative estimate of drug-likeness (QED) is 0.742. The van der Waals surface area contributed by atoms with Crippen molar-refractivity contribution >= 4 is 22.5 Å². The molecule has 0 radical (unpaired) electrons. The Morgan fingerprint density at radius 2 is 2.14 bits per heavy atom. The fourth-order valence-electron chi connectivity index (χ4n) is 1.66. The summed E-state index contributed by atoms with van der Waals surface area (Å²) in [5.41, 5.74) is 2.34. The molecule has 0 aliphatic rings. The number of methoxy groups -OCH3 is 1. The first-order chi connectivity index (χ1) is 6.72. The summed E-state index contributed by atoms with van der Waals surface area (Å²) in [5, 5.41) is 1.93. The first-order valence-corrected chi connectivity index (χ1v) is 4.83. The Kier molecular flexibility index (Phi) is 2.48. The molecule has 0 aliphatic heterocycles. The van der Waals surface area contributed by atoms with Gasteiger partial charge in [0.05, 0.1) is 6.61 Å². The van der Waals surface area contributed by atoms with Crippen molar-refractivity contribution in [1.29, 1.82) is 0 Å². The summed E-state index contributed by atoms with van der Waals surface area (Å²) in [4.78, 5) is 0. The molecule has 3 heteroatoms. The minimum Gasteiger partial charge on any atom is -0.378 e. The van der Waals surface area contributed by atoms with E-state index in [-0.39, 0.29) is 0 Å². The summed E-state index contributed by atoms with van der Waals surface area (Å²) >= 11 is 5.92. The zero-order chi connectivity index (χ0) is 10.1. The minimum absolute atomic E-state index is 0.628. The highest BCUT2D eigenvalue weighted by Crippen LogP contribution is 2.22. The molecule has 0 spiro atoms. The van der Waals surface area contributed by atoms with Crippen molar-refractivity contribution < 1.29 is 4.74 Å². The summed E-state index contributed by atoms with van der Waals surface area (Å²) in [6.45, 7) is 0.628. The molecule has 1 aromatic carbocycles. The molecule has 0 aliphatic carbocycles. The van der Waals surface area contributed by atoms with E-state index in [1.165, 1.54) is 5.52 Å². The van der Waals surface area contributed by atoms with Gasteiger partial charge >= 0.3 is 0 Å². The fourth-order valence-corrected chi connectivity index (χ4v) is 1.84. The van der Waals surface area contributed by atoms with E-state index in [0.717, 1.165) is 16.1 Å². The molecule has 14 heavy (non-hydrogen) atoms. The lowest BCUT2D eigenvalue weighted by molar-refractivity contribution is 0.179. The number of nitrogens with zero attached hydrogens (tertiary/aromatic N) is 1. The van der Waals surface area contributed by atoms with Crippen molar-refractivity contribution in [2.24, 2.45) is 7.05 Å². The van der Waals surface area contributed by atoms with Gasteiger partial charge in [0.15, 0.2) is 0 Å². The average Bonchev–Trinajstić information content (AvgIpc) is 2.44. The van der Waals surface area contributed by atoms with Gasteiger partial charge in [-0.1, -0.05) is 11.6 Å². The predicted octanol–water partition coefficient (Wildman–Crippen LogP) is 2.98. The molecule has 0 fully saturated rings. The number of halogens is 1. The second-order valence-electron chi connectivity index (χ2n) is 3.33. The maximum atomic E-state index is 5.92. The van der Waals surface area contributed by atoms with Gasteiger partial charge in [-0.15, -0.1) is 0 Å². The third kappa shape index (κ3) is 1.51. The molecule has 74 valence electrons. The van der Waals surface area contributed by atoms with Gasteiger partial charge in [-0.2, -0.15) is 0 Å². The Bertz CT molecular complexity index is 462. The molecule has 0 bridgehead atoms. The predicted molar refractivity (Wildman–Crippen MR) is 58.6 cm³/mol. The molecule has 2 rings (SSSR count). The topological polar surface area (TPSA) is 14.2 Å². The summed E-state index contributed by atoms with van der Waals surface area (Å²) in [6, 6.07) is 8.00. The van der Waals surface area contributed by atoms with Crippen LogP contribution in [-0.4, -0.2) is 11.7 Å². The van der Waals surface area contributed by atoms with Gasteiger partial charge in [-0.05, 0) is 24.3 Å². The van der Waals surface area contributed by atoms with Crippen LogP contribution in [-0.2, 0) is 18.4 Å². The van der Waals surface area contributed by atoms with Crippen molar-refractivity contribution in [3.63, 3.8) is 0 Å². The van der Waals surface area contributed by atoms with Crippen molar-refractivity contribution in [2.45, 2.75) is 6.61 Å². The van der Waals surface area contributed by atoms with Crippen molar-refractivity contribution in [3.8, 4) is 0 Å². The van der Waals surface area contributed by atoms with Crippen LogP contribution >= 0.6 is 11.6 Å². The number of hydrogen-bond donors (Lipinski definition) is 0. The molecule has 0 saturated heterocycles. The van der Waals surface area contributed by atoms with Crippen LogP contribution in [0.2, 0.25) is 5.02 Å². The lowest BCUT2D eigenvalue weighted by atomic mass is 10.2. The Hall–Kier alpha value is -0.990. The molecule has 1 aromatic heterocycles. The van der Waals surface area contributed by atoms with Gasteiger partial charge in [-0.3, -0.25) is 0 Å². The highest BCUT2D eigenvalue weighted by Gasteiger charge is 2.04. The molecule has 1 heterocycles. The Morgan fingerprint density at radius 3 is 2.86 bits per heavy atom. The zero-order valence-corrected chi connectivity index (χ0v) is 9.01. The highest BCUT2D eigenvalue weighted by molar-refractivity contribution is 6.31. The normalized spacial score (nSPS) is 11.1. The van der Waals surface area contributed by atoms with Gasteiger partial charge in [0.2, 0.25) is 0 Å². The average molecular weight is 210 g/mol. The van der Waals surface area contributed by atoms with E-state index in [4.69, 9.17) is 16.3 Å². The molecule has 0 unspecified atom stereocenters.